The molecule has 7 nitrogen and oxygen atoms in total. The van der Waals surface area contributed by atoms with Crippen LogP contribution in [0, 0.1) is 6.92 Å². The van der Waals surface area contributed by atoms with Crippen LogP contribution in [0.15, 0.2) is 30.3 Å². The van der Waals surface area contributed by atoms with Crippen LogP contribution >= 0.6 is 11.6 Å². The van der Waals surface area contributed by atoms with Crippen molar-refractivity contribution in [2.75, 3.05) is 11.9 Å². The van der Waals surface area contributed by atoms with Gasteiger partial charge in [0.25, 0.3) is 0 Å². The van der Waals surface area contributed by atoms with Crippen LogP contribution in [0.5, 0.6) is 0 Å². The number of nitrogens with one attached hydrogen (secondary N) is 1. The van der Waals surface area contributed by atoms with Gasteiger partial charge in [-0.2, -0.15) is 5.10 Å². The number of carbonyl (C=O) groups excluding carboxylic acids is 3. The highest BCUT2D eigenvalue weighted by Gasteiger charge is 2.12. The number of aromatic nitrogens is 2. The Labute approximate surface area is 174 Å². The van der Waals surface area contributed by atoms with Crippen molar-refractivity contribution in [1.82, 2.24) is 9.78 Å². The van der Waals surface area contributed by atoms with E-state index in [1.807, 2.05) is 6.92 Å². The number of unbranched alkanes of at least 4 members (excludes halogenated alkanes) is 1. The van der Waals surface area contributed by atoms with E-state index in [4.69, 9.17) is 16.3 Å². The average Bonchev–Trinajstić information content (AvgIpc) is 2.95. The number of aryl methyl sites for hydroxylation is 2. The predicted octanol–water partition coefficient (Wildman–Crippen LogP) is 4.04. The lowest BCUT2D eigenvalue weighted by atomic mass is 10.1. The summed E-state index contributed by atoms with van der Waals surface area (Å²) < 4.78 is 6.72. The topological polar surface area (TPSA) is 90.3 Å². The van der Waals surface area contributed by atoms with Crippen LogP contribution in [0.25, 0.3) is 6.08 Å². The average molecular weight is 418 g/mol. The molecule has 1 heterocycles. The van der Waals surface area contributed by atoms with Crippen LogP contribution in [0.2, 0.25) is 5.15 Å². The number of ether oxygens (including phenoxy) is 1. The zero-order valence-corrected chi connectivity index (χ0v) is 17.5. The number of hydrogen-bond donors (Lipinski definition) is 1. The van der Waals surface area contributed by atoms with E-state index in [-0.39, 0.29) is 18.3 Å². The number of amides is 1. The summed E-state index contributed by atoms with van der Waals surface area (Å²) in [4.78, 5) is 35.1. The molecule has 0 saturated heterocycles. The highest BCUT2D eigenvalue weighted by molar-refractivity contribution is 6.31. The monoisotopic (exact) mass is 417 g/mol. The van der Waals surface area contributed by atoms with E-state index in [1.54, 1.807) is 35.0 Å². The van der Waals surface area contributed by atoms with E-state index in [0.717, 1.165) is 12.8 Å². The Bertz CT molecular complexity index is 917. The second-order valence-electron chi connectivity index (χ2n) is 6.49. The zero-order chi connectivity index (χ0) is 21.4. The molecule has 0 aliphatic heterocycles. The highest BCUT2D eigenvalue weighted by atomic mass is 35.5. The Balaban J connectivity index is 1.91. The number of benzene rings is 1. The molecule has 0 radical (unpaired) electrons. The van der Waals surface area contributed by atoms with E-state index in [0.29, 0.717) is 34.2 Å². The van der Waals surface area contributed by atoms with Crippen molar-refractivity contribution in [1.29, 1.82) is 0 Å². The van der Waals surface area contributed by atoms with Crippen molar-refractivity contribution in [3.8, 4) is 0 Å². The number of Topliss-reactive ketones (excluding diaryl/α,β-unsaturated/α-hetero) is 1. The Kier molecular flexibility index (Phi) is 8.15. The molecule has 2 rings (SSSR count). The Morgan fingerprint density at radius 1 is 1.24 bits per heavy atom. The molecule has 0 bridgehead atoms. The Hall–Kier alpha value is -2.93. The van der Waals surface area contributed by atoms with E-state index < -0.39 is 5.97 Å². The normalized spacial score (nSPS) is 10.9. The minimum absolute atomic E-state index is 0.198. The summed E-state index contributed by atoms with van der Waals surface area (Å²) in [5.74, 6) is -1.19. The first-order valence-corrected chi connectivity index (χ1v) is 9.68. The molecule has 0 saturated carbocycles. The molecule has 29 heavy (non-hydrogen) atoms. The molecule has 1 aromatic heterocycles. The van der Waals surface area contributed by atoms with Crippen molar-refractivity contribution in [2.24, 2.45) is 0 Å². The molecule has 2 aromatic rings. The van der Waals surface area contributed by atoms with Gasteiger partial charge in [-0.15, -0.1) is 0 Å². The van der Waals surface area contributed by atoms with Gasteiger partial charge in [0.1, 0.15) is 5.15 Å². The smallest absolute Gasteiger partial charge is 0.331 e. The van der Waals surface area contributed by atoms with Gasteiger partial charge in [-0.05, 0) is 43.7 Å². The fraction of sp³-hybridized carbons (Fsp3) is 0.333. The maximum atomic E-state index is 12.1. The molecular formula is C21H24ClN3O4. The Morgan fingerprint density at radius 2 is 1.93 bits per heavy atom. The summed E-state index contributed by atoms with van der Waals surface area (Å²) >= 11 is 6.32. The SMILES string of the molecule is CCCCn1nc(C)c(/C=C/C(=O)OCC(=O)c2ccc(NC(C)=O)cc2)c1Cl. The van der Waals surface area contributed by atoms with Crippen molar-refractivity contribution in [3.05, 3.63) is 52.3 Å². The molecule has 8 heteroatoms. The summed E-state index contributed by atoms with van der Waals surface area (Å²) in [6.07, 6.45) is 4.76. The van der Waals surface area contributed by atoms with E-state index in [2.05, 4.69) is 17.3 Å². The maximum absolute atomic E-state index is 12.1. The number of anilines is 1. The van der Waals surface area contributed by atoms with Crippen LogP contribution < -0.4 is 5.32 Å². The molecule has 0 aliphatic carbocycles. The van der Waals surface area contributed by atoms with Gasteiger partial charge >= 0.3 is 5.97 Å². The minimum Gasteiger partial charge on any atom is -0.454 e. The summed E-state index contributed by atoms with van der Waals surface area (Å²) in [7, 11) is 0. The first kappa shape index (κ1) is 22.4. The number of rotatable bonds is 9. The van der Waals surface area contributed by atoms with Crippen LogP contribution in [0.1, 0.15) is 48.3 Å². The van der Waals surface area contributed by atoms with Gasteiger partial charge in [-0.3, -0.25) is 14.3 Å². The fourth-order valence-corrected chi connectivity index (χ4v) is 2.90. The third-order valence-electron chi connectivity index (χ3n) is 4.09. The number of carbonyl (C=O) groups is 3. The quantitative estimate of drug-likeness (QED) is 0.377. The molecule has 0 aliphatic rings. The van der Waals surface area contributed by atoms with Gasteiger partial charge in [0, 0.05) is 36.4 Å². The number of halogens is 1. The third-order valence-corrected chi connectivity index (χ3v) is 4.49. The standard InChI is InChI=1S/C21H24ClN3O4/c1-4-5-12-25-21(22)18(14(2)24-25)10-11-20(28)29-13-19(27)16-6-8-17(9-7-16)23-15(3)26/h6-11H,4-5,12-13H2,1-3H3,(H,23,26)/b11-10+. The number of esters is 1. The molecule has 1 aromatic carbocycles. The van der Waals surface area contributed by atoms with Gasteiger partial charge in [0.15, 0.2) is 12.4 Å². The molecular weight excluding hydrogens is 394 g/mol. The molecule has 154 valence electrons. The van der Waals surface area contributed by atoms with Crippen LogP contribution in [-0.4, -0.2) is 34.0 Å². The van der Waals surface area contributed by atoms with E-state index in [9.17, 15) is 14.4 Å². The van der Waals surface area contributed by atoms with Crippen LogP contribution in [0.4, 0.5) is 5.69 Å². The predicted molar refractivity (Wildman–Crippen MR) is 112 cm³/mol. The lowest BCUT2D eigenvalue weighted by Gasteiger charge is -2.04. The zero-order valence-electron chi connectivity index (χ0n) is 16.7. The number of hydrogen-bond acceptors (Lipinski definition) is 5. The summed E-state index contributed by atoms with van der Waals surface area (Å²) in [6, 6.07) is 6.34. The first-order chi connectivity index (χ1) is 13.8. The molecule has 0 spiro atoms. The molecule has 0 atom stereocenters. The second-order valence-corrected chi connectivity index (χ2v) is 6.85. The van der Waals surface area contributed by atoms with Gasteiger partial charge < -0.3 is 10.1 Å². The van der Waals surface area contributed by atoms with Gasteiger partial charge in [-0.25, -0.2) is 4.79 Å². The largest absolute Gasteiger partial charge is 0.454 e. The summed E-state index contributed by atoms with van der Waals surface area (Å²) in [5, 5.41) is 7.45. The molecule has 0 unspecified atom stereocenters. The van der Waals surface area contributed by atoms with Crippen molar-refractivity contribution in [3.63, 3.8) is 0 Å². The van der Waals surface area contributed by atoms with E-state index in [1.165, 1.54) is 13.0 Å². The maximum Gasteiger partial charge on any atom is 0.331 e. The summed E-state index contributed by atoms with van der Waals surface area (Å²) in [6.45, 7) is 5.62. The van der Waals surface area contributed by atoms with Gasteiger partial charge in [-0.1, -0.05) is 24.9 Å². The van der Waals surface area contributed by atoms with Crippen LogP contribution in [-0.2, 0) is 20.9 Å². The first-order valence-electron chi connectivity index (χ1n) is 9.30. The van der Waals surface area contributed by atoms with Crippen molar-refractivity contribution < 1.29 is 19.1 Å². The molecule has 1 amide bonds. The number of ketones is 1. The summed E-state index contributed by atoms with van der Waals surface area (Å²) in [5.41, 5.74) is 2.33. The van der Waals surface area contributed by atoms with E-state index >= 15 is 0 Å². The Morgan fingerprint density at radius 3 is 2.55 bits per heavy atom. The minimum atomic E-state index is -0.648. The van der Waals surface area contributed by atoms with Crippen LogP contribution in [0.3, 0.4) is 0 Å². The third kappa shape index (κ3) is 6.57. The van der Waals surface area contributed by atoms with Crippen molar-refractivity contribution in [2.45, 2.75) is 40.2 Å². The van der Waals surface area contributed by atoms with Gasteiger partial charge in [0.05, 0.1) is 5.69 Å². The lowest BCUT2D eigenvalue weighted by Crippen LogP contribution is -2.13. The fourth-order valence-electron chi connectivity index (χ4n) is 2.57. The second kappa shape index (κ2) is 10.6. The van der Waals surface area contributed by atoms with Gasteiger partial charge in [0.2, 0.25) is 5.91 Å². The molecule has 1 N–H and O–H groups in total. The lowest BCUT2D eigenvalue weighted by molar-refractivity contribution is -0.136. The highest BCUT2D eigenvalue weighted by Crippen LogP contribution is 2.21. The number of nitrogens with zero attached hydrogens (tertiary/aromatic N) is 2. The molecule has 0 fully saturated rings. The van der Waals surface area contributed by atoms with Crippen molar-refractivity contribution >= 4 is 41.0 Å².